The molecule has 19 heavy (non-hydrogen) atoms. The van der Waals surface area contributed by atoms with E-state index < -0.39 is 12.0 Å². The van der Waals surface area contributed by atoms with E-state index in [1.807, 2.05) is 12.1 Å². The fourth-order valence-electron chi connectivity index (χ4n) is 1.53. The second-order valence-corrected chi connectivity index (χ2v) is 5.06. The van der Waals surface area contributed by atoms with Gasteiger partial charge in [-0.25, -0.2) is 0 Å². The zero-order valence-electron chi connectivity index (χ0n) is 10.8. The number of amides is 1. The van der Waals surface area contributed by atoms with Gasteiger partial charge in [-0.2, -0.15) is 0 Å². The molecule has 1 amide bonds. The van der Waals surface area contributed by atoms with Gasteiger partial charge in [-0.3, -0.25) is 9.59 Å². The highest BCUT2D eigenvalue weighted by molar-refractivity contribution is 9.10. The number of carbonyl (C=O) groups is 2. The predicted molar refractivity (Wildman–Crippen MR) is 76.7 cm³/mol. The molecule has 0 aliphatic carbocycles. The highest BCUT2D eigenvalue weighted by atomic mass is 79.9. The molecular formula is C14H16BrNO3. The van der Waals surface area contributed by atoms with Crippen molar-refractivity contribution in [2.45, 2.75) is 26.3 Å². The molecule has 0 aliphatic heterocycles. The lowest BCUT2D eigenvalue weighted by Crippen LogP contribution is -2.30. The second kappa shape index (κ2) is 7.09. The van der Waals surface area contributed by atoms with E-state index in [0.717, 1.165) is 10.0 Å². The van der Waals surface area contributed by atoms with Crippen molar-refractivity contribution in [2.75, 3.05) is 0 Å². The van der Waals surface area contributed by atoms with Crippen LogP contribution in [-0.2, 0) is 9.59 Å². The second-order valence-electron chi connectivity index (χ2n) is 4.15. The van der Waals surface area contributed by atoms with Crippen LogP contribution in [0.3, 0.4) is 0 Å². The molecular weight excluding hydrogens is 310 g/mol. The molecule has 0 fully saturated rings. The van der Waals surface area contributed by atoms with Gasteiger partial charge in [0.25, 0.3) is 0 Å². The summed E-state index contributed by atoms with van der Waals surface area (Å²) in [5.74, 6) is -1.21. The molecule has 1 aromatic carbocycles. The molecule has 1 unspecified atom stereocenters. The molecule has 0 aliphatic rings. The summed E-state index contributed by atoms with van der Waals surface area (Å²) in [7, 11) is 0. The third kappa shape index (κ3) is 4.87. The Morgan fingerprint density at radius 1 is 1.37 bits per heavy atom. The SMILES string of the molecule is C/C=C(\C)C(=O)NC(CC(=O)O)c1ccc(Br)cc1. The highest BCUT2D eigenvalue weighted by Gasteiger charge is 2.18. The lowest BCUT2D eigenvalue weighted by atomic mass is 10.0. The van der Waals surface area contributed by atoms with Crippen LogP contribution in [0.1, 0.15) is 31.9 Å². The summed E-state index contributed by atoms with van der Waals surface area (Å²) in [4.78, 5) is 22.7. The summed E-state index contributed by atoms with van der Waals surface area (Å²) in [5, 5.41) is 11.7. The molecule has 0 spiro atoms. The van der Waals surface area contributed by atoms with Crippen LogP contribution in [0.4, 0.5) is 0 Å². The van der Waals surface area contributed by atoms with E-state index >= 15 is 0 Å². The number of aliphatic carboxylic acids is 1. The van der Waals surface area contributed by atoms with Crippen molar-refractivity contribution < 1.29 is 14.7 Å². The molecule has 102 valence electrons. The van der Waals surface area contributed by atoms with Crippen molar-refractivity contribution in [1.82, 2.24) is 5.32 Å². The molecule has 0 bridgehead atoms. The number of allylic oxidation sites excluding steroid dienone is 1. The van der Waals surface area contributed by atoms with E-state index in [0.29, 0.717) is 5.57 Å². The molecule has 1 aromatic rings. The van der Waals surface area contributed by atoms with Crippen LogP contribution < -0.4 is 5.32 Å². The van der Waals surface area contributed by atoms with Crippen LogP contribution >= 0.6 is 15.9 Å². The molecule has 2 N–H and O–H groups in total. The monoisotopic (exact) mass is 325 g/mol. The normalized spacial score (nSPS) is 12.9. The van der Waals surface area contributed by atoms with Crippen LogP contribution in [0.15, 0.2) is 40.4 Å². The first-order chi connectivity index (χ1) is 8.93. The van der Waals surface area contributed by atoms with Gasteiger partial charge in [0.2, 0.25) is 5.91 Å². The van der Waals surface area contributed by atoms with Crippen molar-refractivity contribution in [1.29, 1.82) is 0 Å². The van der Waals surface area contributed by atoms with Crippen LogP contribution in [0.2, 0.25) is 0 Å². The Balaban J connectivity index is 2.92. The van der Waals surface area contributed by atoms with Gasteiger partial charge in [-0.05, 0) is 31.5 Å². The van der Waals surface area contributed by atoms with Gasteiger partial charge in [0.15, 0.2) is 0 Å². The largest absolute Gasteiger partial charge is 0.481 e. The topological polar surface area (TPSA) is 66.4 Å². The summed E-state index contributed by atoms with van der Waals surface area (Å²) < 4.78 is 0.904. The first-order valence-electron chi connectivity index (χ1n) is 5.85. The fourth-order valence-corrected chi connectivity index (χ4v) is 1.79. The Morgan fingerprint density at radius 2 is 1.95 bits per heavy atom. The molecule has 0 saturated heterocycles. The van der Waals surface area contributed by atoms with Gasteiger partial charge in [0.05, 0.1) is 12.5 Å². The molecule has 0 saturated carbocycles. The minimum absolute atomic E-state index is 0.148. The van der Waals surface area contributed by atoms with E-state index in [9.17, 15) is 9.59 Å². The number of hydrogen-bond donors (Lipinski definition) is 2. The van der Waals surface area contributed by atoms with Gasteiger partial charge < -0.3 is 10.4 Å². The van der Waals surface area contributed by atoms with E-state index in [1.54, 1.807) is 32.1 Å². The molecule has 1 rings (SSSR count). The zero-order valence-corrected chi connectivity index (χ0v) is 12.4. The van der Waals surface area contributed by atoms with Gasteiger partial charge in [0, 0.05) is 10.0 Å². The van der Waals surface area contributed by atoms with Crippen molar-refractivity contribution >= 4 is 27.8 Å². The highest BCUT2D eigenvalue weighted by Crippen LogP contribution is 2.20. The maximum atomic E-state index is 11.8. The van der Waals surface area contributed by atoms with E-state index in [4.69, 9.17) is 5.11 Å². The van der Waals surface area contributed by atoms with E-state index in [2.05, 4.69) is 21.2 Å². The number of rotatable bonds is 5. The van der Waals surface area contributed by atoms with E-state index in [-0.39, 0.29) is 12.3 Å². The van der Waals surface area contributed by atoms with Gasteiger partial charge >= 0.3 is 5.97 Å². The average Bonchev–Trinajstić information content (AvgIpc) is 2.37. The summed E-state index contributed by atoms with van der Waals surface area (Å²) in [6, 6.07) is 6.69. The number of hydrogen-bond acceptors (Lipinski definition) is 2. The number of carboxylic acid groups (broad SMARTS) is 1. The first-order valence-corrected chi connectivity index (χ1v) is 6.64. The number of benzene rings is 1. The molecule has 0 heterocycles. The summed E-state index contributed by atoms with van der Waals surface area (Å²) in [5.41, 5.74) is 1.33. The number of nitrogens with one attached hydrogen (secondary N) is 1. The summed E-state index contributed by atoms with van der Waals surface area (Å²) in [6.45, 7) is 3.45. The molecule has 0 aromatic heterocycles. The van der Waals surface area contributed by atoms with Crippen molar-refractivity contribution in [2.24, 2.45) is 0 Å². The minimum Gasteiger partial charge on any atom is -0.481 e. The lowest BCUT2D eigenvalue weighted by molar-refractivity contribution is -0.137. The lowest BCUT2D eigenvalue weighted by Gasteiger charge is -2.17. The molecule has 5 heteroatoms. The maximum Gasteiger partial charge on any atom is 0.305 e. The van der Waals surface area contributed by atoms with Crippen LogP contribution in [0.5, 0.6) is 0 Å². The third-order valence-electron chi connectivity index (χ3n) is 2.75. The van der Waals surface area contributed by atoms with Crippen molar-refractivity contribution in [3.8, 4) is 0 Å². The van der Waals surface area contributed by atoms with Crippen molar-refractivity contribution in [3.05, 3.63) is 46.0 Å². The Morgan fingerprint density at radius 3 is 2.42 bits per heavy atom. The zero-order chi connectivity index (χ0) is 14.4. The first kappa shape index (κ1) is 15.4. The number of carbonyl (C=O) groups excluding carboxylic acids is 1. The van der Waals surface area contributed by atoms with Crippen LogP contribution in [0, 0.1) is 0 Å². The fraction of sp³-hybridized carbons (Fsp3) is 0.286. The Bertz CT molecular complexity index is 494. The van der Waals surface area contributed by atoms with Gasteiger partial charge in [0.1, 0.15) is 0 Å². The molecule has 1 atom stereocenters. The van der Waals surface area contributed by atoms with E-state index in [1.165, 1.54) is 0 Å². The Hall–Kier alpha value is -1.62. The Kier molecular flexibility index (Phi) is 5.76. The number of halogens is 1. The quantitative estimate of drug-likeness (QED) is 0.817. The van der Waals surface area contributed by atoms with Crippen LogP contribution in [-0.4, -0.2) is 17.0 Å². The molecule has 0 radical (unpaired) electrons. The average molecular weight is 326 g/mol. The van der Waals surface area contributed by atoms with Gasteiger partial charge in [-0.15, -0.1) is 0 Å². The van der Waals surface area contributed by atoms with Crippen molar-refractivity contribution in [3.63, 3.8) is 0 Å². The smallest absolute Gasteiger partial charge is 0.305 e. The third-order valence-corrected chi connectivity index (χ3v) is 3.28. The van der Waals surface area contributed by atoms with Crippen LogP contribution in [0.25, 0.3) is 0 Å². The maximum absolute atomic E-state index is 11.8. The number of carboxylic acids is 1. The predicted octanol–water partition coefficient (Wildman–Crippen LogP) is 3.05. The molecule has 4 nitrogen and oxygen atoms in total. The minimum atomic E-state index is -0.952. The standard InChI is InChI=1S/C14H16BrNO3/c1-3-9(2)14(19)16-12(8-13(17)18)10-4-6-11(15)7-5-10/h3-7,12H,8H2,1-2H3,(H,16,19)(H,17,18)/b9-3+. The summed E-state index contributed by atoms with van der Waals surface area (Å²) in [6.07, 6.45) is 1.54. The Labute approximate surface area is 120 Å². The summed E-state index contributed by atoms with van der Waals surface area (Å²) >= 11 is 3.32. The van der Waals surface area contributed by atoms with Gasteiger partial charge in [-0.1, -0.05) is 34.1 Å².